The Kier molecular flexibility index (Phi) is 12.5. The first-order valence-corrected chi connectivity index (χ1v) is 11.0. The van der Waals surface area contributed by atoms with Crippen molar-refractivity contribution in [2.24, 2.45) is 0 Å². The Morgan fingerprint density at radius 3 is 2.31 bits per heavy atom. The highest BCUT2D eigenvalue weighted by atomic mass is 28.4. The summed E-state index contributed by atoms with van der Waals surface area (Å²) in [7, 11) is -1.23. The first kappa shape index (κ1) is 24.8. The highest BCUT2D eigenvalue weighted by molar-refractivity contribution is 6.60. The van der Waals surface area contributed by atoms with Gasteiger partial charge in [-0.05, 0) is 53.9 Å². The van der Waals surface area contributed by atoms with E-state index in [9.17, 15) is 4.79 Å². The van der Waals surface area contributed by atoms with Crippen molar-refractivity contribution in [3.8, 4) is 0 Å². The van der Waals surface area contributed by atoms with Crippen LogP contribution in [0.5, 0.6) is 0 Å². The standard InChI is InChI=1S/C19H36O6Si/c1-8-12-22-13-9-10-15-24-26(21-7,25-19(4,5)6)16-11-14-23-18(20)17(2)3/h8,12H,2,9-11,13-16H2,1,3-7H3. The van der Waals surface area contributed by atoms with Crippen LogP contribution in [0.4, 0.5) is 0 Å². The zero-order valence-corrected chi connectivity index (χ0v) is 18.3. The van der Waals surface area contributed by atoms with E-state index in [0.29, 0.717) is 31.3 Å². The SMILES string of the molecule is C=C(C)C(=O)OCCC[Si](OC)(OCCCCOC=CC)OC(C)(C)C. The number of unbranched alkanes of at least 4 members (excludes halogenated alkanes) is 1. The first-order chi connectivity index (χ1) is 12.2. The number of ether oxygens (including phenoxy) is 2. The van der Waals surface area contributed by atoms with Crippen LogP contribution in [0.1, 0.15) is 53.9 Å². The minimum absolute atomic E-state index is 0.290. The van der Waals surface area contributed by atoms with Crippen LogP contribution in [-0.2, 0) is 27.5 Å². The molecule has 0 aromatic heterocycles. The number of carbonyl (C=O) groups is 1. The summed E-state index contributed by atoms with van der Waals surface area (Å²) in [5.41, 5.74) is 0.00799. The second-order valence-electron chi connectivity index (χ2n) is 7.02. The molecule has 0 saturated heterocycles. The third-order valence-corrected chi connectivity index (χ3v) is 6.35. The van der Waals surface area contributed by atoms with E-state index in [0.717, 1.165) is 12.8 Å². The maximum absolute atomic E-state index is 11.5. The van der Waals surface area contributed by atoms with Gasteiger partial charge in [0.25, 0.3) is 0 Å². The molecule has 152 valence electrons. The Morgan fingerprint density at radius 2 is 1.77 bits per heavy atom. The predicted octanol–water partition coefficient (Wildman–Crippen LogP) is 4.24. The van der Waals surface area contributed by atoms with Crippen molar-refractivity contribution < 1.29 is 27.5 Å². The van der Waals surface area contributed by atoms with Gasteiger partial charge in [0.1, 0.15) is 0 Å². The minimum atomic E-state index is -2.85. The Bertz CT molecular complexity index is 444. The van der Waals surface area contributed by atoms with Gasteiger partial charge in [0, 0.05) is 25.3 Å². The summed E-state index contributed by atoms with van der Waals surface area (Å²) in [6.45, 7) is 14.5. The summed E-state index contributed by atoms with van der Waals surface area (Å²) in [6.07, 6.45) is 5.90. The molecule has 0 aliphatic carbocycles. The summed E-state index contributed by atoms with van der Waals surface area (Å²) in [4.78, 5) is 11.5. The van der Waals surface area contributed by atoms with Crippen LogP contribution in [0.25, 0.3) is 0 Å². The molecule has 1 unspecified atom stereocenters. The molecule has 0 radical (unpaired) electrons. The smallest absolute Gasteiger partial charge is 0.501 e. The molecule has 0 rings (SSSR count). The lowest BCUT2D eigenvalue weighted by molar-refractivity contribution is -0.139. The quantitative estimate of drug-likeness (QED) is 0.146. The average Bonchev–Trinajstić information content (AvgIpc) is 2.56. The van der Waals surface area contributed by atoms with Crippen molar-refractivity contribution in [2.45, 2.75) is 65.5 Å². The number of allylic oxidation sites excluding steroid dienone is 1. The van der Waals surface area contributed by atoms with Crippen molar-refractivity contribution in [3.63, 3.8) is 0 Å². The van der Waals surface area contributed by atoms with Crippen LogP contribution in [-0.4, -0.2) is 47.3 Å². The molecule has 0 aromatic carbocycles. The maximum atomic E-state index is 11.5. The van der Waals surface area contributed by atoms with E-state index in [1.165, 1.54) is 0 Å². The molecular weight excluding hydrogens is 352 g/mol. The summed E-state index contributed by atoms with van der Waals surface area (Å²) in [5, 5.41) is 0. The fourth-order valence-corrected chi connectivity index (χ4v) is 4.75. The van der Waals surface area contributed by atoms with Gasteiger partial charge in [0.05, 0.1) is 25.1 Å². The molecule has 0 aromatic rings. The Labute approximate surface area is 159 Å². The Hall–Kier alpha value is -1.15. The van der Waals surface area contributed by atoms with Gasteiger partial charge in [-0.15, -0.1) is 0 Å². The summed E-state index contributed by atoms with van der Waals surface area (Å²) < 4.78 is 28.4. The fourth-order valence-electron chi connectivity index (χ4n) is 2.08. The molecule has 1 atom stereocenters. The molecular formula is C19H36O6Si. The van der Waals surface area contributed by atoms with E-state index in [4.69, 9.17) is 22.8 Å². The monoisotopic (exact) mass is 388 g/mol. The number of hydrogen-bond donors (Lipinski definition) is 0. The van der Waals surface area contributed by atoms with Gasteiger partial charge < -0.3 is 22.8 Å². The first-order valence-electron chi connectivity index (χ1n) is 9.10. The molecule has 0 heterocycles. The van der Waals surface area contributed by atoms with Crippen molar-refractivity contribution in [2.75, 3.05) is 26.9 Å². The highest BCUT2D eigenvalue weighted by Gasteiger charge is 2.43. The molecule has 0 aliphatic heterocycles. The Morgan fingerprint density at radius 1 is 1.12 bits per heavy atom. The molecule has 0 spiro atoms. The molecule has 0 aliphatic rings. The molecule has 0 N–H and O–H groups in total. The van der Waals surface area contributed by atoms with E-state index in [-0.39, 0.29) is 18.2 Å². The summed E-state index contributed by atoms with van der Waals surface area (Å²) in [6, 6.07) is 0.583. The van der Waals surface area contributed by atoms with Crippen molar-refractivity contribution in [1.82, 2.24) is 0 Å². The number of rotatable bonds is 14. The van der Waals surface area contributed by atoms with E-state index in [2.05, 4.69) is 6.58 Å². The van der Waals surface area contributed by atoms with Crippen molar-refractivity contribution in [1.29, 1.82) is 0 Å². The topological polar surface area (TPSA) is 63.2 Å². The minimum Gasteiger partial charge on any atom is -0.502 e. The van der Waals surface area contributed by atoms with E-state index < -0.39 is 8.80 Å². The van der Waals surface area contributed by atoms with Crippen LogP contribution in [0.2, 0.25) is 6.04 Å². The molecule has 26 heavy (non-hydrogen) atoms. The predicted molar refractivity (Wildman–Crippen MR) is 105 cm³/mol. The molecule has 0 fully saturated rings. The lowest BCUT2D eigenvalue weighted by Crippen LogP contribution is -2.50. The number of carbonyl (C=O) groups excluding carboxylic acids is 1. The van der Waals surface area contributed by atoms with Gasteiger partial charge in [0.15, 0.2) is 0 Å². The molecule has 0 bridgehead atoms. The Balaban J connectivity index is 4.50. The van der Waals surface area contributed by atoms with Gasteiger partial charge in [0.2, 0.25) is 0 Å². The zero-order valence-electron chi connectivity index (χ0n) is 17.3. The average molecular weight is 389 g/mol. The van der Waals surface area contributed by atoms with Crippen LogP contribution < -0.4 is 0 Å². The van der Waals surface area contributed by atoms with Crippen molar-refractivity contribution >= 4 is 14.8 Å². The van der Waals surface area contributed by atoms with Gasteiger partial charge in [-0.2, -0.15) is 0 Å². The van der Waals surface area contributed by atoms with Crippen molar-refractivity contribution in [3.05, 3.63) is 24.5 Å². The van der Waals surface area contributed by atoms with Crippen LogP contribution in [0.15, 0.2) is 24.5 Å². The molecule has 6 nitrogen and oxygen atoms in total. The van der Waals surface area contributed by atoms with Gasteiger partial charge in [-0.1, -0.05) is 12.7 Å². The maximum Gasteiger partial charge on any atom is 0.501 e. The number of esters is 1. The highest BCUT2D eigenvalue weighted by Crippen LogP contribution is 2.24. The third kappa shape index (κ3) is 12.2. The van der Waals surface area contributed by atoms with Crippen LogP contribution >= 0.6 is 0 Å². The lowest BCUT2D eigenvalue weighted by atomic mass is 10.2. The second-order valence-corrected chi connectivity index (χ2v) is 9.78. The third-order valence-electron chi connectivity index (χ3n) is 3.19. The van der Waals surface area contributed by atoms with E-state index in [1.54, 1.807) is 20.3 Å². The number of hydrogen-bond acceptors (Lipinski definition) is 6. The summed E-state index contributed by atoms with van der Waals surface area (Å²) >= 11 is 0. The zero-order chi connectivity index (χ0) is 20.1. The van der Waals surface area contributed by atoms with Crippen LogP contribution in [0.3, 0.4) is 0 Å². The summed E-state index contributed by atoms with van der Waals surface area (Å²) in [5.74, 6) is -0.381. The van der Waals surface area contributed by atoms with Crippen LogP contribution in [0, 0.1) is 0 Å². The van der Waals surface area contributed by atoms with E-state index >= 15 is 0 Å². The lowest BCUT2D eigenvalue weighted by Gasteiger charge is -2.34. The fraction of sp³-hybridized carbons (Fsp3) is 0.737. The van der Waals surface area contributed by atoms with Gasteiger partial charge >= 0.3 is 14.8 Å². The van der Waals surface area contributed by atoms with Gasteiger partial charge in [-0.3, -0.25) is 0 Å². The van der Waals surface area contributed by atoms with E-state index in [1.807, 2.05) is 33.8 Å². The molecule has 7 heteroatoms. The molecule has 0 saturated carbocycles. The van der Waals surface area contributed by atoms with Gasteiger partial charge in [-0.25, -0.2) is 4.79 Å². The normalized spacial score (nSPS) is 14.2. The second kappa shape index (κ2) is 13.1. The molecule has 0 amide bonds. The largest absolute Gasteiger partial charge is 0.502 e.